The lowest BCUT2D eigenvalue weighted by molar-refractivity contribution is -0.146. The maximum Gasteiger partial charge on any atom is 0.316 e. The Balaban J connectivity index is 1.30. The Hall–Kier alpha value is -2.13. The molecule has 1 aromatic heterocycles. The first-order chi connectivity index (χ1) is 13.6. The molecule has 1 aliphatic carbocycles. The second-order valence-electron chi connectivity index (χ2n) is 6.59. The summed E-state index contributed by atoms with van der Waals surface area (Å²) in [5, 5.41) is 6.16. The SMILES string of the molecule is O=C(CSCC(=O)OCC(=O)NC1CCCCC1)Nc1nc2ccccc2s1. The molecular formula is C19H23N3O4S2. The van der Waals surface area contributed by atoms with Gasteiger partial charge in [-0.3, -0.25) is 14.4 Å². The number of carbonyl (C=O) groups is 3. The van der Waals surface area contributed by atoms with Gasteiger partial charge in [0.2, 0.25) is 5.91 Å². The van der Waals surface area contributed by atoms with Gasteiger partial charge >= 0.3 is 5.97 Å². The van der Waals surface area contributed by atoms with Crippen LogP contribution in [0.4, 0.5) is 5.13 Å². The highest BCUT2D eigenvalue weighted by atomic mass is 32.2. The molecule has 150 valence electrons. The number of thiazole rings is 1. The number of amides is 2. The van der Waals surface area contributed by atoms with Crippen molar-refractivity contribution in [2.24, 2.45) is 0 Å². The van der Waals surface area contributed by atoms with Gasteiger partial charge in [-0.25, -0.2) is 4.98 Å². The molecule has 3 rings (SSSR count). The molecule has 1 fully saturated rings. The number of esters is 1. The van der Waals surface area contributed by atoms with Gasteiger partial charge in [0.15, 0.2) is 11.7 Å². The fourth-order valence-electron chi connectivity index (χ4n) is 3.01. The van der Waals surface area contributed by atoms with E-state index in [1.807, 2.05) is 24.3 Å². The molecule has 0 spiro atoms. The van der Waals surface area contributed by atoms with Crippen LogP contribution in [-0.2, 0) is 19.1 Å². The van der Waals surface area contributed by atoms with Crippen molar-refractivity contribution in [2.75, 3.05) is 23.4 Å². The Morgan fingerprint density at radius 1 is 1.11 bits per heavy atom. The number of nitrogens with one attached hydrogen (secondary N) is 2. The third-order valence-electron chi connectivity index (χ3n) is 4.33. The molecule has 1 aromatic carbocycles. The molecular weight excluding hydrogens is 398 g/mol. The average molecular weight is 422 g/mol. The van der Waals surface area contributed by atoms with Crippen molar-refractivity contribution in [1.29, 1.82) is 0 Å². The summed E-state index contributed by atoms with van der Waals surface area (Å²) >= 11 is 2.54. The minimum absolute atomic E-state index is 0.0178. The highest BCUT2D eigenvalue weighted by molar-refractivity contribution is 8.00. The minimum Gasteiger partial charge on any atom is -0.455 e. The summed E-state index contributed by atoms with van der Waals surface area (Å²) < 4.78 is 5.97. The molecule has 0 saturated heterocycles. The summed E-state index contributed by atoms with van der Waals surface area (Å²) in [6.07, 6.45) is 5.44. The highest BCUT2D eigenvalue weighted by Crippen LogP contribution is 2.25. The first-order valence-corrected chi connectivity index (χ1v) is 11.3. The van der Waals surface area contributed by atoms with E-state index in [1.165, 1.54) is 17.8 Å². The lowest BCUT2D eigenvalue weighted by Crippen LogP contribution is -2.38. The van der Waals surface area contributed by atoms with Gasteiger partial charge < -0.3 is 15.4 Å². The van der Waals surface area contributed by atoms with Crippen LogP contribution < -0.4 is 10.6 Å². The van der Waals surface area contributed by atoms with E-state index in [0.717, 1.165) is 47.7 Å². The first-order valence-electron chi connectivity index (χ1n) is 9.28. The van der Waals surface area contributed by atoms with Gasteiger partial charge in [-0.2, -0.15) is 0 Å². The number of aromatic nitrogens is 1. The third kappa shape index (κ3) is 6.49. The minimum atomic E-state index is -0.503. The molecule has 2 aromatic rings. The predicted molar refractivity (Wildman–Crippen MR) is 112 cm³/mol. The number of rotatable bonds is 8. The van der Waals surface area contributed by atoms with Crippen LogP contribution in [0.2, 0.25) is 0 Å². The van der Waals surface area contributed by atoms with Crippen LogP contribution in [-0.4, -0.2) is 46.9 Å². The molecule has 28 heavy (non-hydrogen) atoms. The van der Waals surface area contributed by atoms with Crippen molar-refractivity contribution in [3.63, 3.8) is 0 Å². The van der Waals surface area contributed by atoms with Crippen LogP contribution in [0.25, 0.3) is 10.2 Å². The Kier molecular flexibility index (Phi) is 7.67. The van der Waals surface area contributed by atoms with Gasteiger partial charge in [0.25, 0.3) is 5.91 Å². The Morgan fingerprint density at radius 3 is 2.68 bits per heavy atom. The predicted octanol–water partition coefficient (Wildman–Crippen LogP) is 2.96. The van der Waals surface area contributed by atoms with Gasteiger partial charge in [0.05, 0.1) is 21.7 Å². The Labute approximate surface area is 171 Å². The van der Waals surface area contributed by atoms with Crippen LogP contribution in [0.3, 0.4) is 0 Å². The molecule has 1 heterocycles. The van der Waals surface area contributed by atoms with E-state index in [4.69, 9.17) is 4.74 Å². The van der Waals surface area contributed by atoms with E-state index < -0.39 is 5.97 Å². The first kappa shape index (κ1) is 20.6. The number of hydrogen-bond acceptors (Lipinski definition) is 7. The molecule has 2 N–H and O–H groups in total. The smallest absolute Gasteiger partial charge is 0.316 e. The summed E-state index contributed by atoms with van der Waals surface area (Å²) in [5.74, 6) is -0.870. The van der Waals surface area contributed by atoms with Gasteiger partial charge in [-0.05, 0) is 25.0 Å². The van der Waals surface area contributed by atoms with Crippen LogP contribution in [0.5, 0.6) is 0 Å². The molecule has 7 nitrogen and oxygen atoms in total. The van der Waals surface area contributed by atoms with E-state index >= 15 is 0 Å². The van der Waals surface area contributed by atoms with Crippen molar-refractivity contribution in [3.8, 4) is 0 Å². The number of fused-ring (bicyclic) bond motifs is 1. The Bertz CT molecular complexity index is 800. The van der Waals surface area contributed by atoms with E-state index in [0.29, 0.717) is 5.13 Å². The zero-order valence-corrected chi connectivity index (χ0v) is 17.1. The van der Waals surface area contributed by atoms with Crippen molar-refractivity contribution in [2.45, 2.75) is 38.1 Å². The maximum absolute atomic E-state index is 12.0. The Morgan fingerprint density at radius 2 is 1.89 bits per heavy atom. The standard InChI is InChI=1S/C19H23N3O4S2/c23-16(20-13-6-2-1-3-7-13)10-26-18(25)12-27-11-17(24)22-19-21-14-8-4-5-9-15(14)28-19/h4-5,8-9,13H,1-3,6-7,10-12H2,(H,20,23)(H,21,22,24). The van der Waals surface area contributed by atoms with E-state index in [1.54, 1.807) is 0 Å². The summed E-state index contributed by atoms with van der Waals surface area (Å²) in [6, 6.07) is 7.84. The topological polar surface area (TPSA) is 97.4 Å². The van der Waals surface area contributed by atoms with Crippen LogP contribution in [0.15, 0.2) is 24.3 Å². The van der Waals surface area contributed by atoms with Gasteiger partial charge in [-0.15, -0.1) is 11.8 Å². The number of ether oxygens (including phenoxy) is 1. The van der Waals surface area contributed by atoms with Crippen molar-refractivity contribution >= 4 is 56.2 Å². The van der Waals surface area contributed by atoms with Crippen LogP contribution in [0, 0.1) is 0 Å². The molecule has 0 bridgehead atoms. The number of benzene rings is 1. The molecule has 1 aliphatic rings. The molecule has 9 heteroatoms. The zero-order chi connectivity index (χ0) is 19.8. The number of hydrogen-bond donors (Lipinski definition) is 2. The quantitative estimate of drug-likeness (QED) is 0.636. The maximum atomic E-state index is 12.0. The van der Waals surface area contributed by atoms with Gasteiger partial charge in [0, 0.05) is 6.04 Å². The number of nitrogens with zero attached hydrogens (tertiary/aromatic N) is 1. The normalized spacial score (nSPS) is 14.6. The average Bonchev–Trinajstić information content (AvgIpc) is 3.09. The molecule has 0 aliphatic heterocycles. The summed E-state index contributed by atoms with van der Waals surface area (Å²) in [7, 11) is 0. The second-order valence-corrected chi connectivity index (χ2v) is 8.61. The fourth-order valence-corrected chi connectivity index (χ4v) is 4.50. The summed E-state index contributed by atoms with van der Waals surface area (Å²) in [6.45, 7) is -0.270. The van der Waals surface area contributed by atoms with Gasteiger partial charge in [-0.1, -0.05) is 42.7 Å². The number of para-hydroxylation sites is 1. The molecule has 0 radical (unpaired) electrons. The highest BCUT2D eigenvalue weighted by Gasteiger charge is 2.17. The molecule has 0 atom stereocenters. The molecule has 1 saturated carbocycles. The number of carbonyl (C=O) groups excluding carboxylic acids is 3. The monoisotopic (exact) mass is 421 g/mol. The lowest BCUT2D eigenvalue weighted by Gasteiger charge is -2.22. The van der Waals surface area contributed by atoms with Crippen molar-refractivity contribution < 1.29 is 19.1 Å². The van der Waals surface area contributed by atoms with E-state index in [9.17, 15) is 14.4 Å². The summed E-state index contributed by atoms with van der Waals surface area (Å²) in [5.41, 5.74) is 0.838. The zero-order valence-electron chi connectivity index (χ0n) is 15.4. The lowest BCUT2D eigenvalue weighted by atomic mass is 9.95. The van der Waals surface area contributed by atoms with Crippen molar-refractivity contribution in [3.05, 3.63) is 24.3 Å². The van der Waals surface area contributed by atoms with E-state index in [-0.39, 0.29) is 36.0 Å². The van der Waals surface area contributed by atoms with E-state index in [2.05, 4.69) is 15.6 Å². The second kappa shape index (κ2) is 10.4. The summed E-state index contributed by atoms with van der Waals surface area (Å²) in [4.78, 5) is 39.9. The van der Waals surface area contributed by atoms with Gasteiger partial charge in [0.1, 0.15) is 0 Å². The van der Waals surface area contributed by atoms with Crippen LogP contribution in [0.1, 0.15) is 32.1 Å². The molecule has 0 unspecified atom stereocenters. The number of anilines is 1. The largest absolute Gasteiger partial charge is 0.455 e. The third-order valence-corrected chi connectivity index (χ3v) is 6.19. The van der Waals surface area contributed by atoms with Crippen molar-refractivity contribution in [1.82, 2.24) is 10.3 Å². The number of thioether (sulfide) groups is 1. The fraction of sp³-hybridized carbons (Fsp3) is 0.474. The molecule has 2 amide bonds. The van der Waals surface area contributed by atoms with Crippen LogP contribution >= 0.6 is 23.1 Å².